The van der Waals surface area contributed by atoms with Gasteiger partial charge in [-0.1, -0.05) is 0 Å². The number of hydrogen-bond donors (Lipinski definition) is 0. The van der Waals surface area contributed by atoms with Crippen LogP contribution in [0, 0.1) is 5.82 Å². The van der Waals surface area contributed by atoms with Gasteiger partial charge in [0.25, 0.3) is 0 Å². The molecular formula is C11H11FO3S. The molecule has 0 spiro atoms. The van der Waals surface area contributed by atoms with E-state index >= 15 is 0 Å². The number of esters is 1. The van der Waals surface area contributed by atoms with E-state index in [4.69, 9.17) is 4.74 Å². The van der Waals surface area contributed by atoms with Crippen LogP contribution in [0.3, 0.4) is 0 Å². The Labute approximate surface area is 96.9 Å². The third kappa shape index (κ3) is 2.14. The summed E-state index contributed by atoms with van der Waals surface area (Å²) >= 11 is 1.49. The van der Waals surface area contributed by atoms with Crippen molar-refractivity contribution in [2.75, 3.05) is 19.5 Å². The molecule has 0 fully saturated rings. The molecule has 0 saturated heterocycles. The van der Waals surface area contributed by atoms with Gasteiger partial charge in [0.05, 0.1) is 24.2 Å². The molecule has 16 heavy (non-hydrogen) atoms. The Morgan fingerprint density at radius 2 is 2.38 bits per heavy atom. The lowest BCUT2D eigenvalue weighted by molar-refractivity contribution is 0.0599. The van der Waals surface area contributed by atoms with Crippen LogP contribution in [-0.2, 0) is 4.74 Å². The van der Waals surface area contributed by atoms with Crippen molar-refractivity contribution in [3.63, 3.8) is 0 Å². The van der Waals surface area contributed by atoms with Gasteiger partial charge in [-0.25, -0.2) is 9.18 Å². The van der Waals surface area contributed by atoms with Gasteiger partial charge in [0.1, 0.15) is 0 Å². The predicted molar refractivity (Wildman–Crippen MR) is 58.6 cm³/mol. The van der Waals surface area contributed by atoms with Crippen LogP contribution in [0.2, 0.25) is 0 Å². The zero-order valence-electron chi connectivity index (χ0n) is 8.79. The molecular weight excluding hydrogens is 231 g/mol. The first kappa shape index (κ1) is 11.3. The average molecular weight is 242 g/mol. The first-order chi connectivity index (χ1) is 7.72. The summed E-state index contributed by atoms with van der Waals surface area (Å²) in [6, 6.07) is 2.76. The minimum Gasteiger partial charge on any atom is -0.489 e. The molecule has 0 N–H and O–H groups in total. The molecule has 86 valence electrons. The van der Waals surface area contributed by atoms with Crippen molar-refractivity contribution in [3.05, 3.63) is 23.5 Å². The van der Waals surface area contributed by atoms with Gasteiger partial charge in [0.2, 0.25) is 0 Å². The van der Waals surface area contributed by atoms with Crippen LogP contribution in [0.4, 0.5) is 4.39 Å². The summed E-state index contributed by atoms with van der Waals surface area (Å²) in [5, 5.41) is 0. The molecule has 0 unspecified atom stereocenters. The van der Waals surface area contributed by atoms with E-state index in [1.54, 1.807) is 6.07 Å². The number of hydrogen-bond acceptors (Lipinski definition) is 4. The lowest BCUT2D eigenvalue weighted by Gasteiger charge is -2.09. The van der Waals surface area contributed by atoms with Crippen LogP contribution in [0.25, 0.3) is 0 Å². The number of carbonyl (C=O) groups excluding carboxylic acids is 1. The molecule has 3 nitrogen and oxygen atoms in total. The fourth-order valence-electron chi connectivity index (χ4n) is 1.47. The molecule has 0 bridgehead atoms. The van der Waals surface area contributed by atoms with E-state index in [2.05, 4.69) is 4.74 Å². The van der Waals surface area contributed by atoms with Crippen molar-refractivity contribution < 1.29 is 18.7 Å². The number of methoxy groups -OCH3 is 1. The number of thioether (sulfide) groups is 1. The summed E-state index contributed by atoms with van der Waals surface area (Å²) in [7, 11) is 1.27. The Morgan fingerprint density at radius 3 is 3.12 bits per heavy atom. The lowest BCUT2D eigenvalue weighted by Crippen LogP contribution is -2.04. The van der Waals surface area contributed by atoms with Gasteiger partial charge in [0, 0.05) is 5.75 Å². The molecule has 0 aromatic heterocycles. The highest BCUT2D eigenvalue weighted by atomic mass is 32.2. The largest absolute Gasteiger partial charge is 0.489 e. The normalized spacial score (nSPS) is 14.6. The maximum atomic E-state index is 13.7. The molecule has 1 aliphatic heterocycles. The minimum atomic E-state index is -0.536. The minimum absolute atomic E-state index is 0.219. The Morgan fingerprint density at radius 1 is 1.56 bits per heavy atom. The summed E-state index contributed by atoms with van der Waals surface area (Å²) in [5.74, 6) is 0.0610. The van der Waals surface area contributed by atoms with Crippen molar-refractivity contribution in [3.8, 4) is 5.75 Å². The van der Waals surface area contributed by atoms with Gasteiger partial charge in [-0.15, -0.1) is 11.8 Å². The zero-order chi connectivity index (χ0) is 11.5. The van der Waals surface area contributed by atoms with Crippen molar-refractivity contribution in [1.82, 2.24) is 0 Å². The van der Waals surface area contributed by atoms with Crippen LogP contribution in [0.5, 0.6) is 5.75 Å². The summed E-state index contributed by atoms with van der Waals surface area (Å²) in [4.78, 5) is 12.0. The van der Waals surface area contributed by atoms with Crippen LogP contribution in [-0.4, -0.2) is 25.4 Å². The zero-order valence-corrected chi connectivity index (χ0v) is 9.60. The predicted octanol–water partition coefficient (Wildman–Crippen LogP) is 2.49. The number of halogens is 1. The topological polar surface area (TPSA) is 35.5 Å². The molecule has 0 amide bonds. The van der Waals surface area contributed by atoms with Crippen molar-refractivity contribution in [1.29, 1.82) is 0 Å². The standard InChI is InChI=1S/C11H11FO3S/c1-14-11(13)7-5-8(12)10-9(6-7)16-4-2-3-15-10/h5-6H,2-4H2,1H3. The summed E-state index contributed by atoms with van der Waals surface area (Å²) in [6.45, 7) is 0.508. The van der Waals surface area contributed by atoms with E-state index in [-0.39, 0.29) is 11.3 Å². The molecule has 2 rings (SSSR count). The quantitative estimate of drug-likeness (QED) is 0.709. The summed E-state index contributed by atoms with van der Waals surface area (Å²) in [6.07, 6.45) is 0.867. The highest BCUT2D eigenvalue weighted by molar-refractivity contribution is 7.99. The number of carbonyl (C=O) groups is 1. The molecule has 0 saturated carbocycles. The second kappa shape index (κ2) is 4.74. The van der Waals surface area contributed by atoms with Crippen LogP contribution >= 0.6 is 11.8 Å². The van der Waals surface area contributed by atoms with Crippen LogP contribution in [0.15, 0.2) is 17.0 Å². The Kier molecular flexibility index (Phi) is 3.33. The summed E-state index contributed by atoms with van der Waals surface area (Å²) < 4.78 is 23.5. The SMILES string of the molecule is COC(=O)c1cc(F)c2c(c1)SCCCO2. The molecule has 1 aromatic carbocycles. The average Bonchev–Trinajstić information content (AvgIpc) is 2.53. The number of rotatable bonds is 1. The number of ether oxygens (including phenoxy) is 2. The number of fused-ring (bicyclic) bond motifs is 1. The van der Waals surface area contributed by atoms with Gasteiger partial charge in [0.15, 0.2) is 11.6 Å². The van der Waals surface area contributed by atoms with E-state index in [9.17, 15) is 9.18 Å². The van der Waals surface area contributed by atoms with Crippen LogP contribution < -0.4 is 4.74 Å². The van der Waals surface area contributed by atoms with Crippen molar-refractivity contribution >= 4 is 17.7 Å². The van der Waals surface area contributed by atoms with Crippen molar-refractivity contribution in [2.24, 2.45) is 0 Å². The van der Waals surface area contributed by atoms with E-state index in [1.165, 1.54) is 18.9 Å². The fraction of sp³-hybridized carbons (Fsp3) is 0.364. The molecule has 5 heteroatoms. The third-order valence-corrected chi connectivity index (χ3v) is 3.33. The summed E-state index contributed by atoms with van der Waals surface area (Å²) in [5.41, 5.74) is 0.219. The van der Waals surface area contributed by atoms with E-state index in [0.717, 1.165) is 18.2 Å². The fourth-order valence-corrected chi connectivity index (χ4v) is 2.45. The highest BCUT2D eigenvalue weighted by Crippen LogP contribution is 2.35. The number of benzene rings is 1. The van der Waals surface area contributed by atoms with Gasteiger partial charge < -0.3 is 9.47 Å². The van der Waals surface area contributed by atoms with Crippen LogP contribution in [0.1, 0.15) is 16.8 Å². The first-order valence-corrected chi connectivity index (χ1v) is 5.88. The lowest BCUT2D eigenvalue weighted by atomic mass is 10.2. The maximum absolute atomic E-state index is 13.7. The second-order valence-corrected chi connectivity index (χ2v) is 4.46. The molecule has 0 radical (unpaired) electrons. The van der Waals surface area contributed by atoms with Gasteiger partial charge in [-0.3, -0.25) is 0 Å². The molecule has 1 aromatic rings. The van der Waals surface area contributed by atoms with Gasteiger partial charge in [-0.05, 0) is 18.6 Å². The Hall–Kier alpha value is -1.23. The Bertz CT molecular complexity index is 420. The first-order valence-electron chi connectivity index (χ1n) is 4.90. The molecule has 0 atom stereocenters. The van der Waals surface area contributed by atoms with Gasteiger partial charge >= 0.3 is 5.97 Å². The third-order valence-electron chi connectivity index (χ3n) is 2.22. The van der Waals surface area contributed by atoms with E-state index in [1.807, 2.05) is 0 Å². The maximum Gasteiger partial charge on any atom is 0.337 e. The smallest absolute Gasteiger partial charge is 0.337 e. The highest BCUT2D eigenvalue weighted by Gasteiger charge is 2.18. The molecule has 1 aliphatic rings. The Balaban J connectivity index is 2.43. The monoisotopic (exact) mass is 242 g/mol. The van der Waals surface area contributed by atoms with Crippen molar-refractivity contribution in [2.45, 2.75) is 11.3 Å². The molecule has 1 heterocycles. The van der Waals surface area contributed by atoms with E-state index in [0.29, 0.717) is 11.5 Å². The molecule has 0 aliphatic carbocycles. The van der Waals surface area contributed by atoms with E-state index < -0.39 is 11.8 Å². The van der Waals surface area contributed by atoms with Gasteiger partial charge in [-0.2, -0.15) is 0 Å². The second-order valence-electron chi connectivity index (χ2n) is 3.33.